The summed E-state index contributed by atoms with van der Waals surface area (Å²) in [6.07, 6.45) is 7.06. The normalized spacial score (nSPS) is 16.6. The Balaban J connectivity index is 1.36. The van der Waals surface area contributed by atoms with Crippen LogP contribution in [0, 0.1) is 6.92 Å². The van der Waals surface area contributed by atoms with E-state index in [1.165, 1.54) is 10.4 Å². The van der Waals surface area contributed by atoms with E-state index < -0.39 is 10.0 Å². The van der Waals surface area contributed by atoms with Crippen LogP contribution in [0.1, 0.15) is 58.5 Å². The molecule has 0 atom stereocenters. The zero-order chi connectivity index (χ0) is 25.6. The van der Waals surface area contributed by atoms with Crippen molar-refractivity contribution in [2.75, 3.05) is 18.4 Å². The number of para-hydroxylation sites is 1. The summed E-state index contributed by atoms with van der Waals surface area (Å²) in [4.78, 5) is 20.0. The number of thiophene rings is 1. The van der Waals surface area contributed by atoms with Crippen molar-refractivity contribution < 1.29 is 13.2 Å². The molecule has 192 valence electrons. The van der Waals surface area contributed by atoms with Crippen LogP contribution in [-0.4, -0.2) is 36.7 Å². The van der Waals surface area contributed by atoms with Crippen LogP contribution in [0.4, 0.5) is 5.00 Å². The molecule has 2 aromatic heterocycles. The molecule has 37 heavy (non-hydrogen) atoms. The second-order valence-electron chi connectivity index (χ2n) is 9.80. The van der Waals surface area contributed by atoms with Gasteiger partial charge in [-0.1, -0.05) is 24.6 Å². The number of carbonyl (C=O) groups excluding carboxylic acids is 1. The maximum absolute atomic E-state index is 13.5. The zero-order valence-electron chi connectivity index (χ0n) is 20.7. The van der Waals surface area contributed by atoms with Crippen molar-refractivity contribution in [3.8, 4) is 10.6 Å². The number of amides is 1. The highest BCUT2D eigenvalue weighted by molar-refractivity contribution is 7.89. The molecule has 6 rings (SSSR count). The number of hydrogen-bond donors (Lipinski definition) is 1. The van der Waals surface area contributed by atoms with E-state index in [2.05, 4.69) is 11.4 Å². The molecule has 1 N–H and O–H groups in total. The van der Waals surface area contributed by atoms with Gasteiger partial charge in [-0.3, -0.25) is 4.79 Å². The molecule has 1 amide bonds. The number of aromatic nitrogens is 1. The predicted molar refractivity (Wildman–Crippen MR) is 151 cm³/mol. The molecule has 0 bridgehead atoms. The number of thiazole rings is 1. The minimum Gasteiger partial charge on any atom is -0.313 e. The summed E-state index contributed by atoms with van der Waals surface area (Å²) in [6, 6.07) is 13.1. The van der Waals surface area contributed by atoms with Gasteiger partial charge in [0.15, 0.2) is 0 Å². The van der Waals surface area contributed by atoms with Crippen LogP contribution in [0.2, 0.25) is 0 Å². The summed E-state index contributed by atoms with van der Waals surface area (Å²) < 4.78 is 29.5. The maximum atomic E-state index is 13.5. The van der Waals surface area contributed by atoms with Gasteiger partial charge in [-0.15, -0.1) is 22.7 Å². The fraction of sp³-hybridized carbons (Fsp3) is 0.357. The first-order valence-electron chi connectivity index (χ1n) is 12.8. The molecule has 0 spiro atoms. The molecular weight excluding hydrogens is 523 g/mol. The minimum atomic E-state index is -3.64. The molecule has 1 fully saturated rings. The number of fused-ring (bicyclic) bond motifs is 2. The summed E-state index contributed by atoms with van der Waals surface area (Å²) >= 11 is 3.28. The standard InChI is InChI=1S/C28H29N3O3S3/c1-18-13-14-19(17-24(18)37(33,34)31-15-7-2-8-16-31)26(32)30-28-25(20-9-3-5-11-22(20)35-28)27-29-21-10-4-6-12-23(21)36-27/h4,6,10,12-14,17H,2-3,5,7-9,11,15-16H2,1H3,(H,30,32). The highest BCUT2D eigenvalue weighted by atomic mass is 32.2. The van der Waals surface area contributed by atoms with Crippen molar-refractivity contribution in [3.63, 3.8) is 0 Å². The van der Waals surface area contributed by atoms with Gasteiger partial charge >= 0.3 is 0 Å². The molecule has 4 aromatic rings. The molecule has 0 unspecified atom stereocenters. The van der Waals surface area contributed by atoms with E-state index in [1.807, 2.05) is 18.2 Å². The average Bonchev–Trinajstić information content (AvgIpc) is 3.50. The molecule has 9 heteroatoms. The Morgan fingerprint density at radius 2 is 1.76 bits per heavy atom. The van der Waals surface area contributed by atoms with Crippen molar-refractivity contribution >= 4 is 53.8 Å². The summed E-state index contributed by atoms with van der Waals surface area (Å²) in [5.41, 5.74) is 4.29. The molecule has 2 aliphatic rings. The molecule has 1 saturated heterocycles. The first-order valence-corrected chi connectivity index (χ1v) is 15.9. The van der Waals surface area contributed by atoms with E-state index in [0.29, 0.717) is 24.2 Å². The number of nitrogens with zero attached hydrogens (tertiary/aromatic N) is 2. The number of aryl methyl sites for hydroxylation is 2. The van der Waals surface area contributed by atoms with Crippen molar-refractivity contribution in [1.29, 1.82) is 0 Å². The Morgan fingerprint density at radius 3 is 2.57 bits per heavy atom. The summed E-state index contributed by atoms with van der Waals surface area (Å²) in [7, 11) is -3.64. The van der Waals surface area contributed by atoms with E-state index in [9.17, 15) is 13.2 Å². The Labute approximate surface area is 225 Å². The Morgan fingerprint density at radius 1 is 0.973 bits per heavy atom. The second kappa shape index (κ2) is 9.94. The first kappa shape index (κ1) is 24.7. The van der Waals surface area contributed by atoms with Crippen molar-refractivity contribution in [3.05, 3.63) is 64.0 Å². The lowest BCUT2D eigenvalue weighted by Gasteiger charge is -2.26. The smallest absolute Gasteiger partial charge is 0.256 e. The van der Waals surface area contributed by atoms with Crippen molar-refractivity contribution in [2.45, 2.75) is 56.8 Å². The Kier molecular flexibility index (Phi) is 6.65. The topological polar surface area (TPSA) is 79.4 Å². The molecule has 0 saturated carbocycles. The van der Waals surface area contributed by atoms with Gasteiger partial charge in [0.2, 0.25) is 10.0 Å². The van der Waals surface area contributed by atoms with Gasteiger partial charge in [-0.25, -0.2) is 13.4 Å². The predicted octanol–water partition coefficient (Wildman–Crippen LogP) is 6.64. The fourth-order valence-electron chi connectivity index (χ4n) is 5.30. The summed E-state index contributed by atoms with van der Waals surface area (Å²) in [5.74, 6) is -0.295. The van der Waals surface area contributed by atoms with Crippen LogP contribution in [0.5, 0.6) is 0 Å². The van der Waals surface area contributed by atoms with E-state index in [1.54, 1.807) is 52.1 Å². The SMILES string of the molecule is Cc1ccc(C(=O)Nc2sc3c(c2-c2nc4ccccc4s2)CCCC3)cc1S(=O)(=O)N1CCCCC1. The molecular formula is C28H29N3O3S3. The fourth-order valence-corrected chi connectivity index (χ4v) is 9.46. The second-order valence-corrected chi connectivity index (χ2v) is 13.8. The maximum Gasteiger partial charge on any atom is 0.256 e. The van der Waals surface area contributed by atoms with Crippen LogP contribution in [0.25, 0.3) is 20.8 Å². The molecule has 3 heterocycles. The van der Waals surface area contributed by atoms with Crippen LogP contribution in [-0.2, 0) is 22.9 Å². The lowest BCUT2D eigenvalue weighted by atomic mass is 9.95. The molecule has 2 aromatic carbocycles. The zero-order valence-corrected chi connectivity index (χ0v) is 23.2. The van der Waals surface area contributed by atoms with E-state index in [-0.39, 0.29) is 10.8 Å². The van der Waals surface area contributed by atoms with Gasteiger partial charge in [-0.2, -0.15) is 4.31 Å². The number of sulfonamides is 1. The van der Waals surface area contributed by atoms with Crippen LogP contribution in [0.15, 0.2) is 47.4 Å². The van der Waals surface area contributed by atoms with E-state index >= 15 is 0 Å². The van der Waals surface area contributed by atoms with Crippen LogP contribution in [0.3, 0.4) is 0 Å². The molecule has 0 radical (unpaired) electrons. The number of hydrogen-bond acceptors (Lipinski definition) is 6. The molecule has 1 aliphatic heterocycles. The summed E-state index contributed by atoms with van der Waals surface area (Å²) in [6.45, 7) is 2.85. The number of piperidine rings is 1. The lowest BCUT2D eigenvalue weighted by molar-refractivity contribution is 0.102. The number of anilines is 1. The van der Waals surface area contributed by atoms with Gasteiger partial charge in [0.1, 0.15) is 10.0 Å². The largest absolute Gasteiger partial charge is 0.313 e. The Hall–Kier alpha value is -2.59. The van der Waals surface area contributed by atoms with E-state index in [0.717, 1.165) is 70.7 Å². The summed E-state index contributed by atoms with van der Waals surface area (Å²) in [5, 5.41) is 4.87. The van der Waals surface area contributed by atoms with Gasteiger partial charge in [-0.05, 0) is 80.8 Å². The number of rotatable bonds is 5. The lowest BCUT2D eigenvalue weighted by Crippen LogP contribution is -2.36. The third-order valence-corrected chi connectivity index (χ3v) is 11.6. The van der Waals surface area contributed by atoms with Crippen LogP contribution < -0.4 is 5.32 Å². The van der Waals surface area contributed by atoms with Gasteiger partial charge in [0.05, 0.1) is 15.1 Å². The van der Waals surface area contributed by atoms with Crippen molar-refractivity contribution in [2.24, 2.45) is 0 Å². The van der Waals surface area contributed by atoms with Gasteiger partial charge in [0.25, 0.3) is 5.91 Å². The average molecular weight is 552 g/mol. The van der Waals surface area contributed by atoms with Gasteiger partial charge < -0.3 is 5.32 Å². The number of carbonyl (C=O) groups is 1. The van der Waals surface area contributed by atoms with Crippen molar-refractivity contribution in [1.82, 2.24) is 9.29 Å². The first-order chi connectivity index (χ1) is 17.9. The quantitative estimate of drug-likeness (QED) is 0.302. The number of benzene rings is 2. The Bertz CT molecular complexity index is 1560. The third kappa shape index (κ3) is 4.63. The molecule has 6 nitrogen and oxygen atoms in total. The van der Waals surface area contributed by atoms with Gasteiger partial charge in [0, 0.05) is 29.1 Å². The molecule has 1 aliphatic carbocycles. The minimum absolute atomic E-state index is 0.221. The monoisotopic (exact) mass is 551 g/mol. The van der Waals surface area contributed by atoms with Crippen LogP contribution >= 0.6 is 22.7 Å². The highest BCUT2D eigenvalue weighted by Crippen LogP contribution is 2.46. The third-order valence-electron chi connectivity index (χ3n) is 7.29. The highest BCUT2D eigenvalue weighted by Gasteiger charge is 2.29. The van der Waals surface area contributed by atoms with E-state index in [4.69, 9.17) is 4.98 Å². The number of nitrogens with one attached hydrogen (secondary N) is 1.